The van der Waals surface area contributed by atoms with E-state index < -0.39 is 11.7 Å². The van der Waals surface area contributed by atoms with E-state index in [9.17, 15) is 13.2 Å². The van der Waals surface area contributed by atoms with Gasteiger partial charge in [-0.3, -0.25) is 0 Å². The Kier molecular flexibility index (Phi) is 2.21. The van der Waals surface area contributed by atoms with E-state index in [-0.39, 0.29) is 0 Å². The van der Waals surface area contributed by atoms with Gasteiger partial charge in [0.15, 0.2) is 0 Å². The van der Waals surface area contributed by atoms with E-state index in [0.717, 1.165) is 29.5 Å². The Morgan fingerprint density at radius 1 is 1.27 bits per heavy atom. The molecule has 0 amide bonds. The second-order valence-corrected chi connectivity index (χ2v) is 3.43. The lowest BCUT2D eigenvalue weighted by Gasteiger charge is -2.06. The van der Waals surface area contributed by atoms with Gasteiger partial charge < -0.3 is 4.98 Å². The zero-order valence-corrected chi connectivity index (χ0v) is 8.15. The number of aromatic nitrogens is 1. The SMILES string of the molecule is CCc1c[nH]c2cc(C(F)(F)F)ccc12. The summed E-state index contributed by atoms with van der Waals surface area (Å²) >= 11 is 0. The maximum atomic E-state index is 12.4. The molecule has 0 aliphatic rings. The lowest BCUT2D eigenvalue weighted by molar-refractivity contribution is -0.137. The molecule has 4 heteroatoms. The van der Waals surface area contributed by atoms with Crippen molar-refractivity contribution < 1.29 is 13.2 Å². The molecule has 1 aromatic carbocycles. The summed E-state index contributed by atoms with van der Waals surface area (Å²) in [6, 6.07) is 3.79. The molecule has 0 atom stereocenters. The monoisotopic (exact) mass is 213 g/mol. The number of nitrogens with one attached hydrogen (secondary N) is 1. The zero-order chi connectivity index (χ0) is 11.1. The average molecular weight is 213 g/mol. The first-order chi connectivity index (χ1) is 7.02. The standard InChI is InChI=1S/C11H10F3N/c1-2-7-6-15-10-5-8(11(12,13)14)3-4-9(7)10/h3-6,15H,2H2,1H3. The van der Waals surface area contributed by atoms with Crippen LogP contribution in [0.3, 0.4) is 0 Å². The summed E-state index contributed by atoms with van der Waals surface area (Å²) in [6.45, 7) is 1.97. The van der Waals surface area contributed by atoms with Crippen molar-refractivity contribution in [3.63, 3.8) is 0 Å². The molecule has 2 aromatic rings. The minimum absolute atomic E-state index is 0.543. The van der Waals surface area contributed by atoms with Gasteiger partial charge in [0, 0.05) is 17.1 Å². The van der Waals surface area contributed by atoms with Gasteiger partial charge in [-0.2, -0.15) is 13.2 Å². The first kappa shape index (κ1) is 10.1. The van der Waals surface area contributed by atoms with Crippen LogP contribution in [0.2, 0.25) is 0 Å². The van der Waals surface area contributed by atoms with Crippen molar-refractivity contribution in [3.8, 4) is 0 Å². The smallest absolute Gasteiger partial charge is 0.361 e. The fraction of sp³-hybridized carbons (Fsp3) is 0.273. The van der Waals surface area contributed by atoms with Crippen LogP contribution < -0.4 is 0 Å². The number of aromatic amines is 1. The maximum absolute atomic E-state index is 12.4. The van der Waals surface area contributed by atoms with E-state index in [1.165, 1.54) is 6.07 Å². The van der Waals surface area contributed by atoms with Crippen LogP contribution in [0.5, 0.6) is 0 Å². The minimum atomic E-state index is -4.27. The molecule has 0 aliphatic carbocycles. The topological polar surface area (TPSA) is 15.8 Å². The molecular weight excluding hydrogens is 203 g/mol. The highest BCUT2D eigenvalue weighted by atomic mass is 19.4. The molecule has 0 aliphatic heterocycles. The Labute approximate surface area is 84.9 Å². The first-order valence-electron chi connectivity index (χ1n) is 4.69. The molecule has 15 heavy (non-hydrogen) atoms. The second-order valence-electron chi connectivity index (χ2n) is 3.43. The fourth-order valence-electron chi connectivity index (χ4n) is 1.66. The molecule has 1 N–H and O–H groups in total. The summed E-state index contributed by atoms with van der Waals surface area (Å²) in [7, 11) is 0. The Morgan fingerprint density at radius 2 is 2.00 bits per heavy atom. The van der Waals surface area contributed by atoms with Gasteiger partial charge in [-0.25, -0.2) is 0 Å². The van der Waals surface area contributed by atoms with Crippen LogP contribution in [0.1, 0.15) is 18.1 Å². The van der Waals surface area contributed by atoms with E-state index in [1.807, 2.05) is 6.92 Å². The predicted molar refractivity (Wildman–Crippen MR) is 52.7 cm³/mol. The quantitative estimate of drug-likeness (QED) is 0.742. The number of alkyl halides is 3. The number of hydrogen-bond acceptors (Lipinski definition) is 0. The Bertz CT molecular complexity index is 482. The third-order valence-electron chi connectivity index (χ3n) is 2.48. The van der Waals surface area contributed by atoms with Crippen molar-refractivity contribution in [3.05, 3.63) is 35.5 Å². The summed E-state index contributed by atoms with van der Waals surface area (Å²) in [5.41, 5.74) is 0.972. The fourth-order valence-corrected chi connectivity index (χ4v) is 1.66. The van der Waals surface area contributed by atoms with Crippen LogP contribution in [-0.4, -0.2) is 4.98 Å². The summed E-state index contributed by atoms with van der Waals surface area (Å²) < 4.78 is 37.2. The highest BCUT2D eigenvalue weighted by Gasteiger charge is 2.30. The number of hydrogen-bond donors (Lipinski definition) is 1. The van der Waals surface area contributed by atoms with Gasteiger partial charge in [-0.15, -0.1) is 0 Å². The summed E-state index contributed by atoms with van der Waals surface area (Å²) in [6.07, 6.45) is -1.71. The molecule has 2 rings (SSSR count). The molecule has 0 radical (unpaired) electrons. The van der Waals surface area contributed by atoms with Gasteiger partial charge in [-0.05, 0) is 24.1 Å². The summed E-state index contributed by atoms with van der Waals surface area (Å²) in [5.74, 6) is 0. The minimum Gasteiger partial charge on any atom is -0.361 e. The third kappa shape index (κ3) is 1.71. The van der Waals surface area contributed by atoms with Gasteiger partial charge in [0.1, 0.15) is 0 Å². The molecule has 0 saturated heterocycles. The van der Waals surface area contributed by atoms with Crippen LogP contribution in [0.4, 0.5) is 13.2 Å². The summed E-state index contributed by atoms with van der Waals surface area (Å²) in [5, 5.41) is 0.866. The largest absolute Gasteiger partial charge is 0.416 e. The van der Waals surface area contributed by atoms with Crippen molar-refractivity contribution in [2.45, 2.75) is 19.5 Å². The molecule has 1 aromatic heterocycles. The molecule has 0 bridgehead atoms. The van der Waals surface area contributed by atoms with Crippen molar-refractivity contribution in [1.29, 1.82) is 0 Å². The van der Waals surface area contributed by atoms with Crippen LogP contribution in [0, 0.1) is 0 Å². The number of benzene rings is 1. The van der Waals surface area contributed by atoms with E-state index in [0.29, 0.717) is 5.52 Å². The molecule has 0 saturated carbocycles. The average Bonchev–Trinajstić information content (AvgIpc) is 2.58. The Morgan fingerprint density at radius 3 is 2.60 bits per heavy atom. The van der Waals surface area contributed by atoms with Gasteiger partial charge in [0.05, 0.1) is 5.56 Å². The number of halogens is 3. The molecule has 80 valence electrons. The van der Waals surface area contributed by atoms with E-state index in [1.54, 1.807) is 6.20 Å². The predicted octanol–water partition coefficient (Wildman–Crippen LogP) is 3.75. The molecular formula is C11H10F3N. The van der Waals surface area contributed by atoms with Gasteiger partial charge >= 0.3 is 6.18 Å². The van der Waals surface area contributed by atoms with Crippen LogP contribution in [-0.2, 0) is 12.6 Å². The van der Waals surface area contributed by atoms with E-state index in [4.69, 9.17) is 0 Å². The molecule has 0 spiro atoms. The third-order valence-corrected chi connectivity index (χ3v) is 2.48. The van der Waals surface area contributed by atoms with Crippen LogP contribution >= 0.6 is 0 Å². The van der Waals surface area contributed by atoms with Crippen molar-refractivity contribution in [1.82, 2.24) is 4.98 Å². The molecule has 0 fully saturated rings. The normalized spacial score (nSPS) is 12.3. The number of aryl methyl sites for hydroxylation is 1. The highest BCUT2D eigenvalue weighted by Crippen LogP contribution is 2.31. The number of H-pyrrole nitrogens is 1. The van der Waals surface area contributed by atoms with Crippen molar-refractivity contribution >= 4 is 10.9 Å². The van der Waals surface area contributed by atoms with Crippen molar-refractivity contribution in [2.24, 2.45) is 0 Å². The number of fused-ring (bicyclic) bond motifs is 1. The van der Waals surface area contributed by atoms with Gasteiger partial charge in [0.2, 0.25) is 0 Å². The van der Waals surface area contributed by atoms with Crippen LogP contribution in [0.25, 0.3) is 10.9 Å². The van der Waals surface area contributed by atoms with Gasteiger partial charge in [0.25, 0.3) is 0 Å². The molecule has 1 heterocycles. The van der Waals surface area contributed by atoms with E-state index in [2.05, 4.69) is 4.98 Å². The van der Waals surface area contributed by atoms with Crippen molar-refractivity contribution in [2.75, 3.05) is 0 Å². The summed E-state index contributed by atoms with van der Waals surface area (Å²) in [4.78, 5) is 2.85. The lowest BCUT2D eigenvalue weighted by Crippen LogP contribution is -2.04. The molecule has 0 unspecified atom stereocenters. The molecule has 1 nitrogen and oxygen atoms in total. The maximum Gasteiger partial charge on any atom is 0.416 e. The Balaban J connectivity index is 2.58. The Hall–Kier alpha value is -1.45. The van der Waals surface area contributed by atoms with E-state index >= 15 is 0 Å². The number of rotatable bonds is 1. The lowest BCUT2D eigenvalue weighted by atomic mass is 10.1. The first-order valence-corrected chi connectivity index (χ1v) is 4.69. The van der Waals surface area contributed by atoms with Gasteiger partial charge in [-0.1, -0.05) is 13.0 Å². The second kappa shape index (κ2) is 3.29. The zero-order valence-electron chi connectivity index (χ0n) is 8.15. The highest BCUT2D eigenvalue weighted by molar-refractivity contribution is 5.83. The van der Waals surface area contributed by atoms with Crippen LogP contribution in [0.15, 0.2) is 24.4 Å².